The summed E-state index contributed by atoms with van der Waals surface area (Å²) in [4.78, 5) is 22.4. The topological polar surface area (TPSA) is 81.5 Å². The van der Waals surface area contributed by atoms with Crippen molar-refractivity contribution in [3.63, 3.8) is 0 Å². The number of halogens is 1. The van der Waals surface area contributed by atoms with E-state index in [1.807, 2.05) is 0 Å². The first-order chi connectivity index (χ1) is 10.0. The maximum absolute atomic E-state index is 12.2. The number of hydrogen-bond donors (Lipinski definition) is 1. The van der Waals surface area contributed by atoms with E-state index in [0.717, 1.165) is 0 Å². The van der Waals surface area contributed by atoms with Crippen molar-refractivity contribution >= 4 is 28.9 Å². The Bertz CT molecular complexity index is 703. The molecule has 0 fully saturated rings. The lowest BCUT2D eigenvalue weighted by Gasteiger charge is -2.08. The van der Waals surface area contributed by atoms with E-state index in [4.69, 9.17) is 16.3 Å². The van der Waals surface area contributed by atoms with Gasteiger partial charge in [-0.3, -0.25) is 14.9 Å². The van der Waals surface area contributed by atoms with Crippen LogP contribution >= 0.6 is 11.6 Å². The lowest BCUT2D eigenvalue weighted by atomic mass is 10.1. The van der Waals surface area contributed by atoms with E-state index in [9.17, 15) is 14.9 Å². The monoisotopic (exact) mass is 306 g/mol. The Balaban J connectivity index is 2.33. The van der Waals surface area contributed by atoms with Crippen LogP contribution in [0, 0.1) is 10.1 Å². The van der Waals surface area contributed by atoms with Crippen molar-refractivity contribution in [2.75, 3.05) is 12.4 Å². The van der Waals surface area contributed by atoms with Gasteiger partial charge in [0.15, 0.2) is 0 Å². The largest absolute Gasteiger partial charge is 0.496 e. The van der Waals surface area contributed by atoms with Crippen molar-refractivity contribution in [2.24, 2.45) is 0 Å². The second-order valence-electron chi connectivity index (χ2n) is 4.11. The first-order valence-corrected chi connectivity index (χ1v) is 6.28. The van der Waals surface area contributed by atoms with Gasteiger partial charge < -0.3 is 10.1 Å². The molecule has 108 valence electrons. The van der Waals surface area contributed by atoms with Crippen LogP contribution in [-0.2, 0) is 0 Å². The van der Waals surface area contributed by atoms with E-state index < -0.39 is 10.8 Å². The molecule has 6 nitrogen and oxygen atoms in total. The molecule has 0 bridgehead atoms. The number of ether oxygens (including phenoxy) is 1. The molecule has 0 radical (unpaired) electrons. The zero-order valence-corrected chi connectivity index (χ0v) is 11.8. The second kappa shape index (κ2) is 6.23. The zero-order valence-electron chi connectivity index (χ0n) is 11.0. The van der Waals surface area contributed by atoms with E-state index in [2.05, 4.69) is 5.32 Å². The highest BCUT2D eigenvalue weighted by atomic mass is 35.5. The maximum atomic E-state index is 12.2. The van der Waals surface area contributed by atoms with Crippen molar-refractivity contribution in [3.8, 4) is 5.75 Å². The number of carbonyl (C=O) groups excluding carboxylic acids is 1. The van der Waals surface area contributed by atoms with Crippen LogP contribution in [0.5, 0.6) is 5.75 Å². The highest BCUT2D eigenvalue weighted by Gasteiger charge is 2.15. The van der Waals surface area contributed by atoms with Crippen molar-refractivity contribution < 1.29 is 14.5 Å². The first kappa shape index (κ1) is 14.8. The van der Waals surface area contributed by atoms with Gasteiger partial charge in [0.05, 0.1) is 34.4 Å². The highest BCUT2D eigenvalue weighted by Crippen LogP contribution is 2.25. The number of nitrogens with zero attached hydrogens (tertiary/aromatic N) is 1. The number of para-hydroxylation sites is 1. The Kier molecular flexibility index (Phi) is 4.39. The Morgan fingerprint density at radius 1 is 1.29 bits per heavy atom. The van der Waals surface area contributed by atoms with E-state index >= 15 is 0 Å². The van der Waals surface area contributed by atoms with E-state index in [0.29, 0.717) is 10.7 Å². The molecule has 0 aliphatic rings. The Labute approximate surface area is 125 Å². The SMILES string of the molecule is COc1cc(C(=O)Nc2ccccc2Cl)cc([N+](=O)[O-])c1. The molecule has 0 aliphatic carbocycles. The van der Waals surface area contributed by atoms with Crippen LogP contribution in [0.1, 0.15) is 10.4 Å². The normalized spacial score (nSPS) is 10.0. The Morgan fingerprint density at radius 3 is 2.62 bits per heavy atom. The molecule has 0 heterocycles. The minimum absolute atomic E-state index is 0.112. The number of methoxy groups -OCH3 is 1. The van der Waals surface area contributed by atoms with Gasteiger partial charge in [0.25, 0.3) is 11.6 Å². The molecule has 2 rings (SSSR count). The van der Waals surface area contributed by atoms with Gasteiger partial charge in [0, 0.05) is 6.07 Å². The predicted octanol–water partition coefficient (Wildman–Crippen LogP) is 3.51. The standard InChI is InChI=1S/C14H11ClN2O4/c1-21-11-7-9(6-10(8-11)17(19)20)14(18)16-13-5-3-2-4-12(13)15/h2-8H,1H3,(H,16,18). The van der Waals surface area contributed by atoms with Crippen LogP contribution in [0.3, 0.4) is 0 Å². The summed E-state index contributed by atoms with van der Waals surface area (Å²) in [6.45, 7) is 0. The van der Waals surface area contributed by atoms with Crippen LogP contribution in [0.15, 0.2) is 42.5 Å². The average molecular weight is 307 g/mol. The van der Waals surface area contributed by atoms with Gasteiger partial charge in [-0.15, -0.1) is 0 Å². The molecule has 0 aliphatic heterocycles. The fourth-order valence-corrected chi connectivity index (χ4v) is 1.88. The maximum Gasteiger partial charge on any atom is 0.273 e. The van der Waals surface area contributed by atoms with Gasteiger partial charge >= 0.3 is 0 Å². The van der Waals surface area contributed by atoms with Gasteiger partial charge in [-0.2, -0.15) is 0 Å². The quantitative estimate of drug-likeness (QED) is 0.692. The summed E-state index contributed by atoms with van der Waals surface area (Å²) in [5, 5.41) is 13.8. The number of rotatable bonds is 4. The predicted molar refractivity (Wildman–Crippen MR) is 79.1 cm³/mol. The summed E-state index contributed by atoms with van der Waals surface area (Å²) in [5.74, 6) is -0.279. The second-order valence-corrected chi connectivity index (χ2v) is 4.52. The summed E-state index contributed by atoms with van der Waals surface area (Å²) in [6, 6.07) is 10.5. The number of benzene rings is 2. The van der Waals surface area contributed by atoms with E-state index in [1.54, 1.807) is 24.3 Å². The Hall–Kier alpha value is -2.60. The van der Waals surface area contributed by atoms with Crippen LogP contribution in [-0.4, -0.2) is 17.9 Å². The molecular formula is C14H11ClN2O4. The van der Waals surface area contributed by atoms with Crippen molar-refractivity contribution in [3.05, 3.63) is 63.2 Å². The number of nitro benzene ring substituents is 1. The summed E-state index contributed by atoms with van der Waals surface area (Å²) >= 11 is 5.95. The molecule has 21 heavy (non-hydrogen) atoms. The molecule has 0 aromatic heterocycles. The number of nitrogens with one attached hydrogen (secondary N) is 1. The lowest BCUT2D eigenvalue weighted by Crippen LogP contribution is -2.12. The zero-order chi connectivity index (χ0) is 15.4. The summed E-state index contributed by atoms with van der Waals surface area (Å²) in [7, 11) is 1.37. The molecule has 0 spiro atoms. The fraction of sp³-hybridized carbons (Fsp3) is 0.0714. The minimum Gasteiger partial charge on any atom is -0.496 e. The fourth-order valence-electron chi connectivity index (χ4n) is 1.69. The van der Waals surface area contributed by atoms with Crippen molar-refractivity contribution in [2.45, 2.75) is 0 Å². The molecule has 1 amide bonds. The minimum atomic E-state index is -0.588. The average Bonchev–Trinajstić information content (AvgIpc) is 2.49. The third kappa shape index (κ3) is 3.49. The van der Waals surface area contributed by atoms with Gasteiger partial charge in [-0.05, 0) is 18.2 Å². The number of nitro groups is 1. The smallest absolute Gasteiger partial charge is 0.273 e. The molecule has 1 N–H and O–H groups in total. The molecule has 0 unspecified atom stereocenters. The van der Waals surface area contributed by atoms with Crippen LogP contribution in [0.2, 0.25) is 5.02 Å². The van der Waals surface area contributed by atoms with Crippen molar-refractivity contribution in [1.82, 2.24) is 0 Å². The van der Waals surface area contributed by atoms with Crippen LogP contribution < -0.4 is 10.1 Å². The van der Waals surface area contributed by atoms with E-state index in [1.165, 1.54) is 25.3 Å². The Morgan fingerprint density at radius 2 is 2.00 bits per heavy atom. The number of amides is 1. The molecule has 0 saturated carbocycles. The summed E-state index contributed by atoms with van der Waals surface area (Å²) < 4.78 is 4.96. The van der Waals surface area contributed by atoms with Crippen LogP contribution in [0.4, 0.5) is 11.4 Å². The molecular weight excluding hydrogens is 296 g/mol. The lowest BCUT2D eigenvalue weighted by molar-refractivity contribution is -0.384. The molecule has 0 saturated heterocycles. The number of carbonyl (C=O) groups is 1. The third-order valence-corrected chi connectivity index (χ3v) is 3.05. The molecule has 2 aromatic carbocycles. The van der Waals surface area contributed by atoms with Gasteiger partial charge in [-0.1, -0.05) is 23.7 Å². The summed E-state index contributed by atoms with van der Waals surface area (Å²) in [6.07, 6.45) is 0. The van der Waals surface area contributed by atoms with Gasteiger partial charge in [0.1, 0.15) is 5.75 Å². The van der Waals surface area contributed by atoms with Crippen LogP contribution in [0.25, 0.3) is 0 Å². The number of non-ortho nitro benzene ring substituents is 1. The highest BCUT2D eigenvalue weighted by molar-refractivity contribution is 6.33. The van der Waals surface area contributed by atoms with Gasteiger partial charge in [-0.25, -0.2) is 0 Å². The van der Waals surface area contributed by atoms with Crippen molar-refractivity contribution in [1.29, 1.82) is 0 Å². The third-order valence-electron chi connectivity index (χ3n) is 2.72. The molecule has 0 atom stereocenters. The van der Waals surface area contributed by atoms with E-state index in [-0.39, 0.29) is 17.0 Å². The van der Waals surface area contributed by atoms with Gasteiger partial charge in [0.2, 0.25) is 0 Å². The molecule has 7 heteroatoms. The number of anilines is 1. The summed E-state index contributed by atoms with van der Waals surface area (Å²) in [5.41, 5.74) is 0.314. The first-order valence-electron chi connectivity index (χ1n) is 5.90. The number of hydrogen-bond acceptors (Lipinski definition) is 4. The molecule has 2 aromatic rings.